The van der Waals surface area contributed by atoms with Gasteiger partial charge in [-0.15, -0.1) is 0 Å². The summed E-state index contributed by atoms with van der Waals surface area (Å²) in [6.07, 6.45) is 3.05. The fourth-order valence-electron chi connectivity index (χ4n) is 6.44. The second-order valence-corrected chi connectivity index (χ2v) is 13.0. The molecule has 1 aromatic carbocycles. The van der Waals surface area contributed by atoms with Crippen molar-refractivity contribution in [1.29, 1.82) is 0 Å². The topological polar surface area (TPSA) is 108 Å². The molecule has 0 saturated carbocycles. The Hall–Kier alpha value is -2.63. The molecule has 10 nitrogen and oxygen atoms in total. The molecule has 8 unspecified atom stereocenters. The molecule has 4 aliphatic rings. The standard InChI is InChI=1S/C32H43ClN2O8/c1-17(2)29-41-25-15-26(36)35(6)21-13-20(14-22(38-7)27(21)33)12-18(3)10-9-11-24(39-8)32(43-29)16-23(40-30(37)34-32)19(4)28-31(25,5)42-28/h9-11,13-14,17,19,23-25,28-29H,12,15-16H2,1-8H3,(H,34,37)/b11-9+,18-10-. The highest BCUT2D eigenvalue weighted by atomic mass is 35.5. The van der Waals surface area contributed by atoms with Crippen molar-refractivity contribution < 1.29 is 38.0 Å². The van der Waals surface area contributed by atoms with E-state index in [1.807, 2.05) is 65.0 Å². The van der Waals surface area contributed by atoms with Gasteiger partial charge in [0.15, 0.2) is 12.0 Å². The Morgan fingerprint density at radius 1 is 1.19 bits per heavy atom. The number of ether oxygens (including phenoxy) is 6. The van der Waals surface area contributed by atoms with E-state index in [-0.39, 0.29) is 30.3 Å². The molecule has 11 heteroatoms. The number of nitrogens with zero attached hydrogens (tertiary/aromatic N) is 1. The van der Waals surface area contributed by atoms with Gasteiger partial charge in [-0.25, -0.2) is 4.79 Å². The van der Waals surface area contributed by atoms with Gasteiger partial charge in [-0.05, 0) is 38.0 Å². The molecule has 8 atom stereocenters. The van der Waals surface area contributed by atoms with Gasteiger partial charge in [0.1, 0.15) is 34.7 Å². The van der Waals surface area contributed by atoms with E-state index in [2.05, 4.69) is 5.32 Å². The molecule has 4 heterocycles. The number of benzene rings is 1. The van der Waals surface area contributed by atoms with Crippen LogP contribution in [-0.4, -0.2) is 75.3 Å². The summed E-state index contributed by atoms with van der Waals surface area (Å²) in [4.78, 5) is 28.6. The summed E-state index contributed by atoms with van der Waals surface area (Å²) >= 11 is 6.74. The zero-order valence-electron chi connectivity index (χ0n) is 26.1. The van der Waals surface area contributed by atoms with Gasteiger partial charge in [0.05, 0.1) is 25.3 Å². The third-order valence-corrected chi connectivity index (χ3v) is 9.48. The summed E-state index contributed by atoms with van der Waals surface area (Å²) in [7, 11) is 4.84. The number of fused-ring (bicyclic) bond motifs is 8. The van der Waals surface area contributed by atoms with E-state index in [0.717, 1.165) is 11.1 Å². The van der Waals surface area contributed by atoms with Crippen molar-refractivity contribution in [2.45, 2.75) is 95.9 Å². The number of hydrogen-bond acceptors (Lipinski definition) is 8. The van der Waals surface area contributed by atoms with Gasteiger partial charge in [0.2, 0.25) is 5.91 Å². The number of hydrogen-bond donors (Lipinski definition) is 1. The van der Waals surface area contributed by atoms with E-state index in [0.29, 0.717) is 29.3 Å². The molecule has 3 saturated heterocycles. The van der Waals surface area contributed by atoms with Crippen LogP contribution in [0, 0.1) is 11.8 Å². The van der Waals surface area contributed by atoms with Crippen LogP contribution in [0.5, 0.6) is 5.75 Å². The SMILES string of the molecule is COc1cc2cc(c1Cl)N(C)C(=O)CC1OC(C(C)C)OC3(CC(OC(=O)N3)C(C)C3OC13C)C(OC)/C=C/C=C(/C)C2. The molecule has 2 amide bonds. The minimum Gasteiger partial charge on any atom is -0.495 e. The van der Waals surface area contributed by atoms with Crippen LogP contribution in [0.4, 0.5) is 10.5 Å². The van der Waals surface area contributed by atoms with Gasteiger partial charge in [-0.2, -0.15) is 0 Å². The molecule has 1 spiro atoms. The lowest BCUT2D eigenvalue weighted by Gasteiger charge is -2.48. The summed E-state index contributed by atoms with van der Waals surface area (Å²) in [5.41, 5.74) is 0.412. The largest absolute Gasteiger partial charge is 0.495 e. The smallest absolute Gasteiger partial charge is 0.409 e. The number of alkyl carbamates (subject to hydrolysis) is 1. The fourth-order valence-corrected chi connectivity index (χ4v) is 6.76. The van der Waals surface area contributed by atoms with Crippen LogP contribution >= 0.6 is 11.6 Å². The minimum atomic E-state index is -1.30. The quantitative estimate of drug-likeness (QED) is 0.463. The Kier molecular flexibility index (Phi) is 8.90. The number of allylic oxidation sites excluding steroid dienone is 3. The number of nitrogens with one attached hydrogen (secondary N) is 1. The number of anilines is 1. The molecule has 236 valence electrons. The molecule has 43 heavy (non-hydrogen) atoms. The molecule has 0 aromatic heterocycles. The second kappa shape index (κ2) is 12.0. The van der Waals surface area contributed by atoms with Crippen LogP contribution in [-0.2, 0) is 34.9 Å². The van der Waals surface area contributed by atoms with Crippen molar-refractivity contribution >= 4 is 29.3 Å². The number of epoxide rings is 1. The molecule has 3 fully saturated rings. The predicted octanol–water partition coefficient (Wildman–Crippen LogP) is 5.16. The fraction of sp³-hybridized carbons (Fsp3) is 0.625. The second-order valence-electron chi connectivity index (χ2n) is 12.6. The Morgan fingerprint density at radius 2 is 1.93 bits per heavy atom. The van der Waals surface area contributed by atoms with Crippen LogP contribution in [0.1, 0.15) is 53.0 Å². The van der Waals surface area contributed by atoms with Crippen molar-refractivity contribution in [1.82, 2.24) is 5.32 Å². The number of carbonyl (C=O) groups is 2. The molecular formula is C32H43ClN2O8. The van der Waals surface area contributed by atoms with Crippen molar-refractivity contribution in [3.8, 4) is 5.75 Å². The van der Waals surface area contributed by atoms with Crippen LogP contribution < -0.4 is 15.0 Å². The van der Waals surface area contributed by atoms with E-state index in [1.165, 1.54) is 0 Å². The van der Waals surface area contributed by atoms with Crippen LogP contribution in [0.2, 0.25) is 5.02 Å². The minimum absolute atomic E-state index is 0.00307. The summed E-state index contributed by atoms with van der Waals surface area (Å²) in [5.74, 6) is -0.0853. The highest BCUT2D eigenvalue weighted by Crippen LogP contribution is 2.51. The molecule has 1 N–H and O–H groups in total. The zero-order chi connectivity index (χ0) is 31.3. The van der Waals surface area contributed by atoms with Gasteiger partial charge in [0, 0.05) is 32.4 Å². The van der Waals surface area contributed by atoms with Gasteiger partial charge >= 0.3 is 6.09 Å². The summed E-state index contributed by atoms with van der Waals surface area (Å²) in [5, 5.41) is 3.29. The molecule has 4 aliphatic heterocycles. The van der Waals surface area contributed by atoms with Crippen LogP contribution in [0.15, 0.2) is 35.9 Å². The van der Waals surface area contributed by atoms with E-state index >= 15 is 0 Å². The summed E-state index contributed by atoms with van der Waals surface area (Å²) in [6.45, 7) is 9.87. The highest BCUT2D eigenvalue weighted by molar-refractivity contribution is 6.35. The maximum Gasteiger partial charge on any atom is 0.409 e. The van der Waals surface area contributed by atoms with Gasteiger partial charge in [-0.1, -0.05) is 56.2 Å². The maximum absolute atomic E-state index is 14.0. The molecule has 0 aliphatic carbocycles. The number of methoxy groups -OCH3 is 2. The van der Waals surface area contributed by atoms with Gasteiger partial charge in [0.25, 0.3) is 0 Å². The van der Waals surface area contributed by atoms with E-state index in [9.17, 15) is 9.59 Å². The first kappa shape index (κ1) is 31.8. The lowest BCUT2D eigenvalue weighted by molar-refractivity contribution is -0.291. The average Bonchev–Trinajstić information content (AvgIpc) is 3.65. The Morgan fingerprint density at radius 3 is 2.60 bits per heavy atom. The van der Waals surface area contributed by atoms with Crippen LogP contribution in [0.3, 0.4) is 0 Å². The van der Waals surface area contributed by atoms with Crippen molar-refractivity contribution in [2.24, 2.45) is 11.8 Å². The summed E-state index contributed by atoms with van der Waals surface area (Å²) < 4.78 is 37.1. The van der Waals surface area contributed by atoms with Gasteiger partial charge < -0.3 is 33.3 Å². The predicted molar refractivity (Wildman–Crippen MR) is 161 cm³/mol. The van der Waals surface area contributed by atoms with Crippen molar-refractivity contribution in [2.75, 3.05) is 26.2 Å². The van der Waals surface area contributed by atoms with E-state index in [1.54, 1.807) is 26.2 Å². The molecular weight excluding hydrogens is 576 g/mol. The highest BCUT2D eigenvalue weighted by Gasteiger charge is 2.65. The molecule has 5 rings (SSSR count). The normalized spacial score (nSPS) is 38.4. The monoisotopic (exact) mass is 618 g/mol. The number of carbonyl (C=O) groups excluding carboxylic acids is 2. The number of rotatable bonds is 3. The third kappa shape index (κ3) is 6.04. The first-order valence-electron chi connectivity index (χ1n) is 14.8. The van der Waals surface area contributed by atoms with Gasteiger partial charge in [-0.3, -0.25) is 10.1 Å². The molecule has 5 bridgehead atoms. The van der Waals surface area contributed by atoms with Crippen molar-refractivity contribution in [3.05, 3.63) is 46.5 Å². The number of halogens is 1. The Balaban J connectivity index is 1.67. The molecule has 0 radical (unpaired) electrons. The first-order chi connectivity index (χ1) is 20.3. The molecule has 1 aromatic rings. The first-order valence-corrected chi connectivity index (χ1v) is 15.2. The number of amides is 2. The lowest BCUT2D eigenvalue weighted by atomic mass is 9.83. The zero-order valence-corrected chi connectivity index (χ0v) is 26.9. The Labute approximate surface area is 258 Å². The third-order valence-electron chi connectivity index (χ3n) is 9.10. The average molecular weight is 619 g/mol. The van der Waals surface area contributed by atoms with E-state index < -0.39 is 42.0 Å². The van der Waals surface area contributed by atoms with Crippen molar-refractivity contribution in [3.63, 3.8) is 0 Å². The maximum atomic E-state index is 14.0. The lowest BCUT2D eigenvalue weighted by Crippen LogP contribution is -2.67. The van der Waals surface area contributed by atoms with Crippen LogP contribution in [0.25, 0.3) is 0 Å². The van der Waals surface area contributed by atoms with E-state index in [4.69, 9.17) is 40.0 Å². The summed E-state index contributed by atoms with van der Waals surface area (Å²) in [6, 6.07) is 3.79. The Bertz CT molecular complexity index is 1320.